The number of esters is 1. The van der Waals surface area contributed by atoms with Crippen molar-refractivity contribution in [2.24, 2.45) is 5.92 Å². The molecule has 11 heavy (non-hydrogen) atoms. The molecular formula is C9H16O2. The standard InChI is InChI=1S/C9H16O2/c1-4-7-8(5-2)9(10)11-6-3/h6,8H,3-5,7H2,1-2H3. The van der Waals surface area contributed by atoms with Crippen LogP contribution in [0.4, 0.5) is 0 Å². The molecule has 0 aliphatic carbocycles. The maximum atomic E-state index is 11.1. The van der Waals surface area contributed by atoms with E-state index in [1.54, 1.807) is 0 Å². The van der Waals surface area contributed by atoms with Crippen molar-refractivity contribution in [1.82, 2.24) is 0 Å². The molecule has 0 aliphatic rings. The SMILES string of the molecule is C=COC(=O)C(CC)CCC. The van der Waals surface area contributed by atoms with Gasteiger partial charge in [-0.15, -0.1) is 0 Å². The number of carbonyl (C=O) groups excluding carboxylic acids is 1. The minimum absolute atomic E-state index is 0.0537. The van der Waals surface area contributed by atoms with Crippen LogP contribution in [-0.2, 0) is 9.53 Å². The number of hydrogen-bond donors (Lipinski definition) is 0. The van der Waals surface area contributed by atoms with Gasteiger partial charge in [-0.3, -0.25) is 4.79 Å². The second-order valence-electron chi connectivity index (χ2n) is 2.50. The maximum absolute atomic E-state index is 11.1. The van der Waals surface area contributed by atoms with Crippen LogP contribution in [0, 0.1) is 5.92 Å². The topological polar surface area (TPSA) is 26.3 Å². The second kappa shape index (κ2) is 5.96. The number of hydrogen-bond acceptors (Lipinski definition) is 2. The fraction of sp³-hybridized carbons (Fsp3) is 0.667. The highest BCUT2D eigenvalue weighted by Gasteiger charge is 2.15. The molecule has 0 aromatic carbocycles. The van der Waals surface area contributed by atoms with E-state index in [0.29, 0.717) is 0 Å². The monoisotopic (exact) mass is 156 g/mol. The van der Waals surface area contributed by atoms with Crippen LogP contribution in [0.15, 0.2) is 12.8 Å². The molecule has 1 unspecified atom stereocenters. The molecule has 0 bridgehead atoms. The Morgan fingerprint density at radius 1 is 1.64 bits per heavy atom. The van der Waals surface area contributed by atoms with Crippen LogP contribution >= 0.6 is 0 Å². The molecule has 0 fully saturated rings. The van der Waals surface area contributed by atoms with Crippen LogP contribution in [0.5, 0.6) is 0 Å². The summed E-state index contributed by atoms with van der Waals surface area (Å²) < 4.78 is 4.67. The lowest BCUT2D eigenvalue weighted by Gasteiger charge is -2.09. The first-order valence-electron chi connectivity index (χ1n) is 4.07. The van der Waals surface area contributed by atoms with Crippen molar-refractivity contribution >= 4 is 5.97 Å². The molecule has 0 N–H and O–H groups in total. The van der Waals surface area contributed by atoms with Gasteiger partial charge >= 0.3 is 5.97 Å². The van der Waals surface area contributed by atoms with Crippen LogP contribution in [0.25, 0.3) is 0 Å². The van der Waals surface area contributed by atoms with E-state index in [0.717, 1.165) is 19.3 Å². The highest BCUT2D eigenvalue weighted by Crippen LogP contribution is 2.12. The Balaban J connectivity index is 3.80. The highest BCUT2D eigenvalue weighted by molar-refractivity contribution is 5.72. The van der Waals surface area contributed by atoms with E-state index in [1.807, 2.05) is 6.92 Å². The Morgan fingerprint density at radius 3 is 2.64 bits per heavy atom. The van der Waals surface area contributed by atoms with Gasteiger partial charge in [-0.1, -0.05) is 26.8 Å². The van der Waals surface area contributed by atoms with Crippen LogP contribution in [0.3, 0.4) is 0 Å². The normalized spacial score (nSPS) is 12.2. The van der Waals surface area contributed by atoms with E-state index in [4.69, 9.17) is 0 Å². The smallest absolute Gasteiger partial charge is 0.313 e. The molecule has 64 valence electrons. The Hall–Kier alpha value is -0.790. The number of rotatable bonds is 5. The molecule has 0 radical (unpaired) electrons. The lowest BCUT2D eigenvalue weighted by Crippen LogP contribution is -2.14. The fourth-order valence-electron chi connectivity index (χ4n) is 1.02. The quantitative estimate of drug-likeness (QED) is 0.451. The minimum Gasteiger partial charge on any atom is -0.435 e. The molecule has 0 spiro atoms. The summed E-state index contributed by atoms with van der Waals surface area (Å²) in [6.45, 7) is 7.38. The summed E-state index contributed by atoms with van der Waals surface area (Å²) in [6, 6.07) is 0. The maximum Gasteiger partial charge on any atom is 0.313 e. The summed E-state index contributed by atoms with van der Waals surface area (Å²) in [7, 11) is 0. The van der Waals surface area contributed by atoms with Gasteiger partial charge in [0.2, 0.25) is 0 Å². The molecular weight excluding hydrogens is 140 g/mol. The van der Waals surface area contributed by atoms with Crippen LogP contribution in [0.2, 0.25) is 0 Å². The van der Waals surface area contributed by atoms with Crippen LogP contribution in [0.1, 0.15) is 33.1 Å². The van der Waals surface area contributed by atoms with Gasteiger partial charge in [-0.25, -0.2) is 0 Å². The molecule has 0 amide bonds. The largest absolute Gasteiger partial charge is 0.435 e. The molecule has 0 heterocycles. The third kappa shape index (κ3) is 3.81. The van der Waals surface area contributed by atoms with Gasteiger partial charge < -0.3 is 4.74 Å². The van der Waals surface area contributed by atoms with E-state index in [2.05, 4.69) is 18.2 Å². The van der Waals surface area contributed by atoms with Gasteiger partial charge in [0.15, 0.2) is 0 Å². The predicted molar refractivity (Wildman–Crippen MR) is 45.0 cm³/mol. The Bertz CT molecular complexity index is 130. The van der Waals surface area contributed by atoms with E-state index in [9.17, 15) is 4.79 Å². The average molecular weight is 156 g/mol. The van der Waals surface area contributed by atoms with Crippen LogP contribution in [-0.4, -0.2) is 5.97 Å². The third-order valence-corrected chi connectivity index (χ3v) is 1.66. The first kappa shape index (κ1) is 10.2. The van der Waals surface area contributed by atoms with Gasteiger partial charge in [-0.2, -0.15) is 0 Å². The Kier molecular flexibility index (Phi) is 5.53. The van der Waals surface area contributed by atoms with Gasteiger partial charge in [0.05, 0.1) is 12.2 Å². The van der Waals surface area contributed by atoms with Crippen molar-refractivity contribution < 1.29 is 9.53 Å². The van der Waals surface area contributed by atoms with Crippen molar-refractivity contribution in [3.05, 3.63) is 12.8 Å². The molecule has 0 aliphatic heterocycles. The molecule has 2 nitrogen and oxygen atoms in total. The first-order chi connectivity index (χ1) is 5.26. The fourth-order valence-corrected chi connectivity index (χ4v) is 1.02. The summed E-state index contributed by atoms with van der Waals surface area (Å²) in [4.78, 5) is 11.1. The van der Waals surface area contributed by atoms with E-state index < -0.39 is 0 Å². The zero-order valence-corrected chi connectivity index (χ0v) is 7.30. The summed E-state index contributed by atoms with van der Waals surface area (Å²) in [6.07, 6.45) is 3.97. The van der Waals surface area contributed by atoms with E-state index >= 15 is 0 Å². The van der Waals surface area contributed by atoms with E-state index in [1.165, 1.54) is 6.26 Å². The number of ether oxygens (including phenoxy) is 1. The lowest BCUT2D eigenvalue weighted by molar-refractivity contribution is -0.143. The Labute approximate surface area is 68.2 Å². The summed E-state index contributed by atoms with van der Waals surface area (Å²) in [5, 5.41) is 0. The summed E-state index contributed by atoms with van der Waals surface area (Å²) in [5.74, 6) is -0.0950. The van der Waals surface area contributed by atoms with Crippen molar-refractivity contribution in [1.29, 1.82) is 0 Å². The van der Waals surface area contributed by atoms with Crippen molar-refractivity contribution in [2.45, 2.75) is 33.1 Å². The minimum atomic E-state index is -0.149. The average Bonchev–Trinajstić information content (AvgIpc) is 2.00. The van der Waals surface area contributed by atoms with Gasteiger partial charge in [0, 0.05) is 0 Å². The lowest BCUT2D eigenvalue weighted by atomic mass is 10.0. The zero-order chi connectivity index (χ0) is 8.69. The first-order valence-corrected chi connectivity index (χ1v) is 4.07. The van der Waals surface area contributed by atoms with Crippen molar-refractivity contribution in [3.8, 4) is 0 Å². The molecule has 2 heteroatoms. The molecule has 0 aromatic heterocycles. The molecule has 0 rings (SSSR count). The highest BCUT2D eigenvalue weighted by atomic mass is 16.5. The predicted octanol–water partition coefficient (Wildman–Crippen LogP) is 2.50. The zero-order valence-electron chi connectivity index (χ0n) is 7.30. The molecule has 0 saturated carbocycles. The third-order valence-electron chi connectivity index (χ3n) is 1.66. The van der Waals surface area contributed by atoms with Gasteiger partial charge in [0.1, 0.15) is 0 Å². The summed E-state index contributed by atoms with van der Waals surface area (Å²) >= 11 is 0. The second-order valence-corrected chi connectivity index (χ2v) is 2.50. The molecule has 0 saturated heterocycles. The molecule has 1 atom stereocenters. The van der Waals surface area contributed by atoms with Crippen LogP contribution < -0.4 is 0 Å². The van der Waals surface area contributed by atoms with Crippen molar-refractivity contribution in [2.75, 3.05) is 0 Å². The van der Waals surface area contributed by atoms with Crippen molar-refractivity contribution in [3.63, 3.8) is 0 Å². The summed E-state index contributed by atoms with van der Waals surface area (Å²) in [5.41, 5.74) is 0. The van der Waals surface area contributed by atoms with E-state index in [-0.39, 0.29) is 11.9 Å². The Morgan fingerprint density at radius 2 is 2.27 bits per heavy atom. The van der Waals surface area contributed by atoms with Gasteiger partial charge in [-0.05, 0) is 12.8 Å². The van der Waals surface area contributed by atoms with Gasteiger partial charge in [0.25, 0.3) is 0 Å². The number of carbonyl (C=O) groups is 1. The molecule has 0 aromatic rings.